The number of sulfonamides is 1. The van der Waals surface area contributed by atoms with Crippen LogP contribution in [0.3, 0.4) is 0 Å². The zero-order chi connectivity index (χ0) is 17.2. The smallest absolute Gasteiger partial charge is 0.244 e. The molecule has 0 saturated heterocycles. The molecular formula is C16H22N2O4S. The van der Waals surface area contributed by atoms with Crippen molar-refractivity contribution < 1.29 is 17.6 Å². The topological polar surface area (TPSA) is 81.4 Å². The van der Waals surface area contributed by atoms with Crippen molar-refractivity contribution in [2.45, 2.75) is 39.0 Å². The summed E-state index contributed by atoms with van der Waals surface area (Å²) in [4.78, 5) is 4.32. The summed E-state index contributed by atoms with van der Waals surface area (Å²) in [6, 6.07) is 3.36. The molecule has 2 aromatic rings. The third kappa shape index (κ3) is 3.92. The first kappa shape index (κ1) is 17.5. The molecule has 0 aliphatic heterocycles. The summed E-state index contributed by atoms with van der Waals surface area (Å²) in [6.07, 6.45) is 0.444. The minimum absolute atomic E-state index is 0.147. The maximum atomic E-state index is 12.5. The quantitative estimate of drug-likeness (QED) is 0.875. The van der Waals surface area contributed by atoms with Crippen LogP contribution in [0.4, 0.5) is 0 Å². The van der Waals surface area contributed by atoms with Crippen LogP contribution in [0.1, 0.15) is 28.5 Å². The minimum atomic E-state index is -3.66. The van der Waals surface area contributed by atoms with Crippen LogP contribution in [0, 0.1) is 27.7 Å². The molecule has 0 aliphatic carbocycles. The first-order valence-electron chi connectivity index (χ1n) is 7.32. The number of methoxy groups -OCH3 is 1. The monoisotopic (exact) mass is 338 g/mol. The lowest BCUT2D eigenvalue weighted by Crippen LogP contribution is -2.26. The van der Waals surface area contributed by atoms with Gasteiger partial charge in [-0.3, -0.25) is 0 Å². The van der Waals surface area contributed by atoms with E-state index >= 15 is 0 Å². The van der Waals surface area contributed by atoms with Gasteiger partial charge in [-0.1, -0.05) is 0 Å². The van der Waals surface area contributed by atoms with E-state index in [-0.39, 0.29) is 11.4 Å². The summed E-state index contributed by atoms with van der Waals surface area (Å²) in [7, 11) is -2.19. The van der Waals surface area contributed by atoms with E-state index in [1.54, 1.807) is 19.1 Å². The number of rotatable bonds is 6. The number of hydrogen-bond acceptors (Lipinski definition) is 5. The highest BCUT2D eigenvalue weighted by atomic mass is 32.2. The van der Waals surface area contributed by atoms with Gasteiger partial charge in [-0.15, -0.1) is 0 Å². The Hall–Kier alpha value is -1.86. The van der Waals surface area contributed by atoms with Crippen molar-refractivity contribution in [2.24, 2.45) is 0 Å². The van der Waals surface area contributed by atoms with Gasteiger partial charge in [-0.05, 0) is 44.0 Å². The van der Waals surface area contributed by atoms with E-state index < -0.39 is 10.0 Å². The lowest BCUT2D eigenvalue weighted by molar-refractivity contribution is 0.401. The van der Waals surface area contributed by atoms with Crippen molar-refractivity contribution in [3.8, 4) is 5.75 Å². The number of hydrogen-bond donors (Lipinski definition) is 1. The van der Waals surface area contributed by atoms with Gasteiger partial charge < -0.3 is 9.15 Å². The van der Waals surface area contributed by atoms with Gasteiger partial charge in [0.15, 0.2) is 5.89 Å². The third-order valence-corrected chi connectivity index (χ3v) is 5.20. The van der Waals surface area contributed by atoms with Crippen molar-refractivity contribution >= 4 is 10.0 Å². The molecule has 7 heteroatoms. The normalized spacial score (nSPS) is 11.7. The molecule has 0 radical (unpaired) electrons. The van der Waals surface area contributed by atoms with Crippen LogP contribution in [0.25, 0.3) is 0 Å². The first-order valence-corrected chi connectivity index (χ1v) is 8.80. The van der Waals surface area contributed by atoms with E-state index in [1.165, 1.54) is 7.11 Å². The molecule has 6 nitrogen and oxygen atoms in total. The summed E-state index contributed by atoms with van der Waals surface area (Å²) >= 11 is 0. The Balaban J connectivity index is 2.16. The Labute approximate surface area is 136 Å². The largest absolute Gasteiger partial charge is 0.495 e. The molecular weight excluding hydrogens is 316 g/mol. The molecule has 0 unspecified atom stereocenters. The predicted octanol–water partition coefficient (Wildman–Crippen LogP) is 2.44. The molecule has 1 aromatic carbocycles. The van der Waals surface area contributed by atoms with E-state index in [4.69, 9.17) is 9.15 Å². The maximum absolute atomic E-state index is 12.5. The number of ether oxygens (including phenoxy) is 1. The van der Waals surface area contributed by atoms with Crippen molar-refractivity contribution in [1.29, 1.82) is 0 Å². The highest BCUT2D eigenvalue weighted by molar-refractivity contribution is 7.89. The number of aryl methyl sites for hydroxylation is 4. The maximum Gasteiger partial charge on any atom is 0.244 e. The van der Waals surface area contributed by atoms with Crippen LogP contribution in [-0.2, 0) is 16.4 Å². The van der Waals surface area contributed by atoms with Gasteiger partial charge in [0.05, 0.1) is 12.8 Å². The number of aromatic nitrogens is 1. The zero-order valence-corrected chi connectivity index (χ0v) is 14.9. The second-order valence-electron chi connectivity index (χ2n) is 5.48. The van der Waals surface area contributed by atoms with Crippen LogP contribution in [0.5, 0.6) is 5.75 Å². The molecule has 126 valence electrons. The van der Waals surface area contributed by atoms with Crippen molar-refractivity contribution in [3.05, 3.63) is 40.6 Å². The van der Waals surface area contributed by atoms with Crippen LogP contribution >= 0.6 is 0 Å². The summed E-state index contributed by atoms with van der Waals surface area (Å²) in [5.41, 5.74) is 2.66. The molecule has 2 rings (SSSR count). The highest BCUT2D eigenvalue weighted by Crippen LogP contribution is 2.27. The van der Waals surface area contributed by atoms with E-state index in [0.717, 1.165) is 16.8 Å². The molecule has 1 N–H and O–H groups in total. The third-order valence-electron chi connectivity index (χ3n) is 3.71. The average Bonchev–Trinajstić information content (AvgIpc) is 2.79. The Kier molecular flexibility index (Phi) is 5.11. The zero-order valence-electron chi connectivity index (χ0n) is 14.1. The fourth-order valence-electron chi connectivity index (χ4n) is 2.31. The fourth-order valence-corrected chi connectivity index (χ4v) is 3.58. The molecule has 0 amide bonds. The lowest BCUT2D eigenvalue weighted by Gasteiger charge is -2.13. The second kappa shape index (κ2) is 6.72. The Morgan fingerprint density at radius 2 is 1.83 bits per heavy atom. The molecule has 0 bridgehead atoms. The summed E-state index contributed by atoms with van der Waals surface area (Å²) in [6.45, 7) is 7.62. The van der Waals surface area contributed by atoms with Gasteiger partial charge >= 0.3 is 0 Å². The SMILES string of the molecule is COc1cc(C)c(C)cc1S(=O)(=O)NCCc1oc(C)nc1C. The summed E-state index contributed by atoms with van der Waals surface area (Å²) in [5, 5.41) is 0. The summed E-state index contributed by atoms with van der Waals surface area (Å²) in [5.74, 6) is 1.61. The van der Waals surface area contributed by atoms with Gasteiger partial charge in [0.25, 0.3) is 0 Å². The number of nitrogens with one attached hydrogen (secondary N) is 1. The predicted molar refractivity (Wildman–Crippen MR) is 87.3 cm³/mol. The number of oxazole rings is 1. The van der Waals surface area contributed by atoms with Gasteiger partial charge in [0.2, 0.25) is 10.0 Å². The Morgan fingerprint density at radius 3 is 2.39 bits per heavy atom. The van der Waals surface area contributed by atoms with Crippen LogP contribution in [-0.4, -0.2) is 27.1 Å². The molecule has 0 saturated carbocycles. The van der Waals surface area contributed by atoms with Crippen molar-refractivity contribution in [2.75, 3.05) is 13.7 Å². The molecule has 1 heterocycles. The van der Waals surface area contributed by atoms with Gasteiger partial charge in [0.1, 0.15) is 16.4 Å². The Bertz CT molecular complexity index is 810. The van der Waals surface area contributed by atoms with E-state index in [1.807, 2.05) is 20.8 Å². The Morgan fingerprint density at radius 1 is 1.17 bits per heavy atom. The molecule has 0 spiro atoms. The first-order chi connectivity index (χ1) is 10.7. The standard InChI is InChI=1S/C16H22N2O4S/c1-10-8-15(21-5)16(9-11(10)2)23(19,20)17-7-6-14-12(3)18-13(4)22-14/h8-9,17H,6-7H2,1-5H3. The van der Waals surface area contributed by atoms with Crippen molar-refractivity contribution in [3.63, 3.8) is 0 Å². The molecule has 1 aromatic heterocycles. The van der Waals surface area contributed by atoms with Crippen molar-refractivity contribution in [1.82, 2.24) is 9.71 Å². The number of benzene rings is 1. The molecule has 0 atom stereocenters. The number of nitrogens with zero attached hydrogens (tertiary/aromatic N) is 1. The van der Waals surface area contributed by atoms with Crippen LogP contribution < -0.4 is 9.46 Å². The second-order valence-corrected chi connectivity index (χ2v) is 7.21. The molecule has 0 aliphatic rings. The van der Waals surface area contributed by atoms with Gasteiger partial charge in [0, 0.05) is 19.9 Å². The summed E-state index contributed by atoms with van der Waals surface area (Å²) < 4.78 is 38.3. The fraction of sp³-hybridized carbons (Fsp3) is 0.438. The van der Waals surface area contributed by atoms with E-state index in [0.29, 0.717) is 23.8 Å². The highest BCUT2D eigenvalue weighted by Gasteiger charge is 2.20. The lowest BCUT2D eigenvalue weighted by atomic mass is 10.1. The van der Waals surface area contributed by atoms with Crippen LogP contribution in [0.15, 0.2) is 21.4 Å². The minimum Gasteiger partial charge on any atom is -0.495 e. The van der Waals surface area contributed by atoms with E-state index in [2.05, 4.69) is 9.71 Å². The average molecular weight is 338 g/mol. The van der Waals surface area contributed by atoms with Gasteiger partial charge in [-0.2, -0.15) is 0 Å². The van der Waals surface area contributed by atoms with Crippen LogP contribution in [0.2, 0.25) is 0 Å². The molecule has 23 heavy (non-hydrogen) atoms. The van der Waals surface area contributed by atoms with E-state index in [9.17, 15) is 8.42 Å². The molecule has 0 fully saturated rings. The van der Waals surface area contributed by atoms with Gasteiger partial charge in [-0.25, -0.2) is 18.1 Å².